The first-order valence-electron chi connectivity index (χ1n) is 6.42. The summed E-state index contributed by atoms with van der Waals surface area (Å²) < 4.78 is 32.7. The van der Waals surface area contributed by atoms with E-state index < -0.39 is 11.6 Å². The fraction of sp³-hybridized carbons (Fsp3) is 0.250. The van der Waals surface area contributed by atoms with E-state index in [1.807, 2.05) is 14.0 Å². The lowest BCUT2D eigenvalue weighted by molar-refractivity contribution is 0.434. The molecule has 1 atom stereocenters. The van der Waals surface area contributed by atoms with Crippen LogP contribution in [0.2, 0.25) is 0 Å². The summed E-state index contributed by atoms with van der Waals surface area (Å²) in [6.07, 6.45) is 0. The molecule has 0 spiro atoms. The maximum Gasteiger partial charge on any atom is 0.166 e. The number of rotatable bonds is 4. The molecule has 1 unspecified atom stereocenters. The van der Waals surface area contributed by atoms with Crippen molar-refractivity contribution in [2.75, 3.05) is 7.05 Å². The average Bonchev–Trinajstić information content (AvgIpc) is 2.44. The van der Waals surface area contributed by atoms with Crippen LogP contribution in [0, 0.1) is 18.6 Å². The zero-order valence-electron chi connectivity index (χ0n) is 11.7. The van der Waals surface area contributed by atoms with E-state index in [0.717, 1.165) is 11.1 Å². The molecule has 0 heterocycles. The number of halogens is 2. The Morgan fingerprint density at radius 3 is 2.45 bits per heavy atom. The van der Waals surface area contributed by atoms with Crippen molar-refractivity contribution in [3.05, 3.63) is 59.2 Å². The van der Waals surface area contributed by atoms with Crippen molar-refractivity contribution >= 4 is 0 Å². The van der Waals surface area contributed by atoms with Crippen molar-refractivity contribution in [3.8, 4) is 11.5 Å². The molecule has 1 N–H and O–H groups in total. The van der Waals surface area contributed by atoms with E-state index in [2.05, 4.69) is 5.32 Å². The summed E-state index contributed by atoms with van der Waals surface area (Å²) in [7, 11) is 1.81. The first kappa shape index (κ1) is 14.5. The highest BCUT2D eigenvalue weighted by Crippen LogP contribution is 2.29. The van der Waals surface area contributed by atoms with Crippen molar-refractivity contribution in [1.29, 1.82) is 0 Å². The number of hydrogen-bond acceptors (Lipinski definition) is 2. The third-order valence-corrected chi connectivity index (χ3v) is 3.26. The summed E-state index contributed by atoms with van der Waals surface area (Å²) >= 11 is 0. The van der Waals surface area contributed by atoms with Gasteiger partial charge in [0, 0.05) is 12.1 Å². The van der Waals surface area contributed by atoms with Gasteiger partial charge in [0.2, 0.25) is 0 Å². The van der Waals surface area contributed by atoms with E-state index in [4.69, 9.17) is 4.74 Å². The van der Waals surface area contributed by atoms with Crippen LogP contribution < -0.4 is 10.1 Å². The van der Waals surface area contributed by atoms with E-state index in [1.54, 1.807) is 25.1 Å². The van der Waals surface area contributed by atoms with Gasteiger partial charge >= 0.3 is 0 Å². The molecule has 0 aromatic heterocycles. The Morgan fingerprint density at radius 1 is 1.05 bits per heavy atom. The van der Waals surface area contributed by atoms with Gasteiger partial charge in [0.25, 0.3) is 0 Å². The third-order valence-electron chi connectivity index (χ3n) is 3.26. The molecule has 0 saturated carbocycles. The minimum atomic E-state index is -0.465. The Hall–Kier alpha value is -1.94. The lowest BCUT2D eigenvalue weighted by atomic mass is 10.1. The van der Waals surface area contributed by atoms with Crippen molar-refractivity contribution < 1.29 is 13.5 Å². The Kier molecular flexibility index (Phi) is 4.35. The van der Waals surface area contributed by atoms with E-state index in [1.165, 1.54) is 18.2 Å². The van der Waals surface area contributed by atoms with Crippen molar-refractivity contribution in [1.82, 2.24) is 5.32 Å². The van der Waals surface area contributed by atoms with Gasteiger partial charge in [0.05, 0.1) is 0 Å². The van der Waals surface area contributed by atoms with Gasteiger partial charge in [0.1, 0.15) is 11.6 Å². The summed E-state index contributed by atoms with van der Waals surface area (Å²) in [6.45, 7) is 3.72. The van der Waals surface area contributed by atoms with Gasteiger partial charge < -0.3 is 10.1 Å². The van der Waals surface area contributed by atoms with Crippen molar-refractivity contribution in [3.63, 3.8) is 0 Å². The molecular formula is C16H17F2NO. The summed E-state index contributed by atoms with van der Waals surface area (Å²) in [5, 5.41) is 3.04. The van der Waals surface area contributed by atoms with Crippen LogP contribution in [0.5, 0.6) is 11.5 Å². The Morgan fingerprint density at radius 2 is 1.80 bits per heavy atom. The molecule has 20 heavy (non-hydrogen) atoms. The van der Waals surface area contributed by atoms with E-state index in [-0.39, 0.29) is 11.8 Å². The average molecular weight is 277 g/mol. The maximum absolute atomic E-state index is 14.0. The maximum atomic E-state index is 14.0. The molecule has 0 saturated heterocycles. The van der Waals surface area contributed by atoms with Crippen LogP contribution in [-0.4, -0.2) is 7.05 Å². The largest absolute Gasteiger partial charge is 0.454 e. The first-order chi connectivity index (χ1) is 9.51. The number of aryl methyl sites for hydroxylation is 1. The molecule has 2 aromatic carbocycles. The predicted molar refractivity (Wildman–Crippen MR) is 75.1 cm³/mol. The minimum Gasteiger partial charge on any atom is -0.454 e. The molecule has 0 bridgehead atoms. The minimum absolute atomic E-state index is 0.0504. The number of hydrogen-bond donors (Lipinski definition) is 1. The van der Waals surface area contributed by atoms with Crippen LogP contribution >= 0.6 is 0 Å². The normalized spacial score (nSPS) is 12.2. The van der Waals surface area contributed by atoms with Gasteiger partial charge in [0.15, 0.2) is 11.6 Å². The van der Waals surface area contributed by atoms with E-state index >= 15 is 0 Å². The van der Waals surface area contributed by atoms with Gasteiger partial charge in [-0.3, -0.25) is 0 Å². The number of nitrogens with one attached hydrogen (secondary N) is 1. The summed E-state index contributed by atoms with van der Waals surface area (Å²) in [5.41, 5.74) is 1.58. The standard InChI is InChI=1S/C16H17F2NO/c1-10-4-6-13(17)9-16(10)20-15-7-5-12(8-14(15)18)11(2)19-3/h4-9,11,19H,1-3H3. The topological polar surface area (TPSA) is 21.3 Å². The Labute approximate surface area is 117 Å². The quantitative estimate of drug-likeness (QED) is 0.897. The van der Waals surface area contributed by atoms with Gasteiger partial charge in [-0.2, -0.15) is 0 Å². The molecule has 0 aliphatic carbocycles. The molecule has 2 rings (SSSR count). The fourth-order valence-electron chi connectivity index (χ4n) is 1.84. The Bertz CT molecular complexity index is 613. The molecule has 0 aliphatic heterocycles. The van der Waals surface area contributed by atoms with Crippen molar-refractivity contribution in [2.24, 2.45) is 0 Å². The van der Waals surface area contributed by atoms with Crippen LogP contribution in [-0.2, 0) is 0 Å². The highest BCUT2D eigenvalue weighted by atomic mass is 19.1. The van der Waals surface area contributed by atoms with Gasteiger partial charge in [-0.15, -0.1) is 0 Å². The molecule has 0 aliphatic rings. The molecule has 2 aromatic rings. The fourth-order valence-corrected chi connectivity index (χ4v) is 1.84. The lowest BCUT2D eigenvalue weighted by Gasteiger charge is -2.13. The second-order valence-electron chi connectivity index (χ2n) is 4.71. The van der Waals surface area contributed by atoms with Crippen LogP contribution in [0.1, 0.15) is 24.1 Å². The zero-order valence-corrected chi connectivity index (χ0v) is 11.7. The van der Waals surface area contributed by atoms with Gasteiger partial charge in [-0.1, -0.05) is 12.1 Å². The first-order valence-corrected chi connectivity index (χ1v) is 6.42. The van der Waals surface area contributed by atoms with E-state index in [9.17, 15) is 8.78 Å². The molecule has 4 heteroatoms. The van der Waals surface area contributed by atoms with Crippen LogP contribution in [0.4, 0.5) is 8.78 Å². The second-order valence-corrected chi connectivity index (χ2v) is 4.71. The SMILES string of the molecule is CNC(C)c1ccc(Oc2cc(F)ccc2C)c(F)c1. The molecule has 2 nitrogen and oxygen atoms in total. The molecule has 0 radical (unpaired) electrons. The smallest absolute Gasteiger partial charge is 0.166 e. The molecule has 106 valence electrons. The van der Waals surface area contributed by atoms with Gasteiger partial charge in [-0.25, -0.2) is 8.78 Å². The van der Waals surface area contributed by atoms with Crippen LogP contribution in [0.25, 0.3) is 0 Å². The second kappa shape index (κ2) is 6.01. The van der Waals surface area contributed by atoms with Gasteiger partial charge in [-0.05, 0) is 50.2 Å². The van der Waals surface area contributed by atoms with Crippen molar-refractivity contribution in [2.45, 2.75) is 19.9 Å². The highest BCUT2D eigenvalue weighted by Gasteiger charge is 2.11. The highest BCUT2D eigenvalue weighted by molar-refractivity contribution is 5.39. The summed E-state index contributed by atoms with van der Waals surface area (Å²) in [5.74, 6) is -0.469. The molecule has 0 fully saturated rings. The number of ether oxygens (including phenoxy) is 1. The molecular weight excluding hydrogens is 260 g/mol. The number of benzene rings is 2. The Balaban J connectivity index is 2.28. The third kappa shape index (κ3) is 3.14. The molecule has 0 amide bonds. The van der Waals surface area contributed by atoms with Crippen LogP contribution in [0.15, 0.2) is 36.4 Å². The zero-order chi connectivity index (χ0) is 14.7. The monoisotopic (exact) mass is 277 g/mol. The summed E-state index contributed by atoms with van der Waals surface area (Å²) in [4.78, 5) is 0. The lowest BCUT2D eigenvalue weighted by Crippen LogP contribution is -2.12. The summed E-state index contributed by atoms with van der Waals surface area (Å²) in [6, 6.07) is 9.01. The van der Waals surface area contributed by atoms with E-state index in [0.29, 0.717) is 5.75 Å². The predicted octanol–water partition coefficient (Wildman–Crippen LogP) is 4.35. The van der Waals surface area contributed by atoms with Crippen LogP contribution in [0.3, 0.4) is 0 Å².